The van der Waals surface area contributed by atoms with Crippen LogP contribution in [0.3, 0.4) is 0 Å². The predicted molar refractivity (Wildman–Crippen MR) is 59.5 cm³/mol. The fourth-order valence-corrected chi connectivity index (χ4v) is 3.08. The third-order valence-corrected chi connectivity index (χ3v) is 4.02. The van der Waals surface area contributed by atoms with Crippen LogP contribution in [-0.4, -0.2) is 0 Å². The molecule has 0 bridgehead atoms. The Hall–Kier alpha value is -0.190. The van der Waals surface area contributed by atoms with E-state index in [0.29, 0.717) is 8.81 Å². The predicted octanol–water partition coefficient (Wildman–Crippen LogP) is 5.25. The topological polar surface area (TPSA) is 0 Å². The van der Waals surface area contributed by atoms with Gasteiger partial charge in [-0.25, -0.2) is 8.78 Å². The van der Waals surface area contributed by atoms with E-state index >= 15 is 0 Å². The standard InChI is InChI=1S/C9H4BrClF2S/c10-6-2-5(9(12)13)1-4-3-7(11)14-8(4)6/h1-3,9H. The van der Waals surface area contributed by atoms with Gasteiger partial charge in [-0.15, -0.1) is 11.3 Å². The van der Waals surface area contributed by atoms with Crippen LogP contribution in [0.15, 0.2) is 22.7 Å². The summed E-state index contributed by atoms with van der Waals surface area (Å²) in [7, 11) is 0. The Balaban J connectivity index is 2.71. The number of fused-ring (bicyclic) bond motifs is 1. The van der Waals surface area contributed by atoms with E-state index in [1.165, 1.54) is 23.5 Å². The van der Waals surface area contributed by atoms with Gasteiger partial charge >= 0.3 is 0 Å². The molecule has 0 unspecified atom stereocenters. The van der Waals surface area contributed by atoms with Crippen LogP contribution >= 0.6 is 38.9 Å². The second-order valence-corrected chi connectivity index (χ2v) is 5.31. The van der Waals surface area contributed by atoms with Crippen molar-refractivity contribution in [1.82, 2.24) is 0 Å². The number of benzene rings is 1. The first-order chi connectivity index (χ1) is 6.58. The van der Waals surface area contributed by atoms with E-state index in [2.05, 4.69) is 15.9 Å². The van der Waals surface area contributed by atoms with Crippen molar-refractivity contribution in [3.63, 3.8) is 0 Å². The summed E-state index contributed by atoms with van der Waals surface area (Å²) in [6.45, 7) is 0. The number of hydrogen-bond acceptors (Lipinski definition) is 1. The zero-order valence-corrected chi connectivity index (χ0v) is 9.89. The van der Waals surface area contributed by atoms with E-state index in [4.69, 9.17) is 11.6 Å². The molecule has 0 saturated carbocycles. The van der Waals surface area contributed by atoms with Gasteiger partial charge in [0.15, 0.2) is 0 Å². The first-order valence-electron chi connectivity index (χ1n) is 3.74. The Morgan fingerprint density at radius 2 is 2.00 bits per heavy atom. The molecule has 0 N–H and O–H groups in total. The molecule has 5 heteroatoms. The van der Waals surface area contributed by atoms with Crippen molar-refractivity contribution in [2.75, 3.05) is 0 Å². The lowest BCUT2D eigenvalue weighted by Gasteiger charge is -2.01. The van der Waals surface area contributed by atoms with Gasteiger partial charge in [0.1, 0.15) is 0 Å². The molecule has 1 heterocycles. The van der Waals surface area contributed by atoms with Crippen molar-refractivity contribution < 1.29 is 8.78 Å². The Kier molecular flexibility index (Phi) is 2.77. The molecule has 0 aliphatic heterocycles. The van der Waals surface area contributed by atoms with Crippen LogP contribution in [0.2, 0.25) is 4.34 Å². The molecule has 0 spiro atoms. The monoisotopic (exact) mass is 296 g/mol. The quantitative estimate of drug-likeness (QED) is 0.674. The SMILES string of the molecule is FC(F)c1cc(Br)c2sc(Cl)cc2c1. The van der Waals surface area contributed by atoms with Gasteiger partial charge in [-0.3, -0.25) is 0 Å². The molecule has 74 valence electrons. The van der Waals surface area contributed by atoms with Crippen LogP contribution < -0.4 is 0 Å². The fraction of sp³-hybridized carbons (Fsp3) is 0.111. The van der Waals surface area contributed by atoms with Crippen molar-refractivity contribution >= 4 is 49.0 Å². The van der Waals surface area contributed by atoms with E-state index in [1.54, 1.807) is 6.07 Å². The molecule has 14 heavy (non-hydrogen) atoms. The number of halogens is 4. The molecule has 0 atom stereocenters. The minimum atomic E-state index is -2.45. The number of hydrogen-bond donors (Lipinski definition) is 0. The van der Waals surface area contributed by atoms with Gasteiger partial charge in [-0.2, -0.15) is 0 Å². The van der Waals surface area contributed by atoms with E-state index in [1.807, 2.05) is 0 Å². The lowest BCUT2D eigenvalue weighted by molar-refractivity contribution is 0.151. The average Bonchev–Trinajstić information content (AvgIpc) is 2.45. The Labute approximate surface area is 96.6 Å². The Morgan fingerprint density at radius 1 is 1.29 bits per heavy atom. The highest BCUT2D eigenvalue weighted by Crippen LogP contribution is 2.37. The maximum Gasteiger partial charge on any atom is 0.263 e. The summed E-state index contributed by atoms with van der Waals surface area (Å²) in [4.78, 5) is 0. The van der Waals surface area contributed by atoms with Crippen LogP contribution in [0.4, 0.5) is 8.78 Å². The summed E-state index contributed by atoms with van der Waals surface area (Å²) in [5, 5.41) is 0.754. The largest absolute Gasteiger partial charge is 0.263 e. The highest BCUT2D eigenvalue weighted by molar-refractivity contribution is 9.10. The molecular weight excluding hydrogens is 294 g/mol. The summed E-state index contributed by atoms with van der Waals surface area (Å²) < 4.78 is 27.0. The third-order valence-electron chi connectivity index (χ3n) is 1.82. The molecule has 0 saturated heterocycles. The summed E-state index contributed by atoms with van der Waals surface area (Å²) in [6.07, 6.45) is -2.45. The summed E-state index contributed by atoms with van der Waals surface area (Å²) in [5.41, 5.74) is 0.0128. The summed E-state index contributed by atoms with van der Waals surface area (Å²) in [5.74, 6) is 0. The summed E-state index contributed by atoms with van der Waals surface area (Å²) in [6, 6.07) is 4.59. The van der Waals surface area contributed by atoms with Crippen molar-refractivity contribution in [3.05, 3.63) is 32.6 Å². The van der Waals surface area contributed by atoms with Crippen molar-refractivity contribution in [2.24, 2.45) is 0 Å². The van der Waals surface area contributed by atoms with Gasteiger partial charge in [0.2, 0.25) is 0 Å². The molecule has 2 rings (SSSR count). The van der Waals surface area contributed by atoms with Crippen LogP contribution in [0, 0.1) is 0 Å². The van der Waals surface area contributed by atoms with Gasteiger partial charge in [0.25, 0.3) is 6.43 Å². The Bertz CT molecular complexity index is 481. The molecule has 2 aromatic rings. The molecule has 0 fully saturated rings. The maximum absolute atomic E-state index is 12.4. The van der Waals surface area contributed by atoms with Crippen LogP contribution in [0.1, 0.15) is 12.0 Å². The molecule has 0 amide bonds. The average molecular weight is 298 g/mol. The lowest BCUT2D eigenvalue weighted by atomic mass is 10.2. The Morgan fingerprint density at radius 3 is 2.64 bits per heavy atom. The first-order valence-corrected chi connectivity index (χ1v) is 5.73. The normalized spacial score (nSPS) is 11.5. The number of thiophene rings is 1. The van der Waals surface area contributed by atoms with Crippen molar-refractivity contribution in [3.8, 4) is 0 Å². The third kappa shape index (κ3) is 1.78. The van der Waals surface area contributed by atoms with Crippen LogP contribution in [-0.2, 0) is 0 Å². The molecule has 1 aromatic heterocycles. The minimum absolute atomic E-state index is 0.0128. The first kappa shape index (κ1) is 10.3. The van der Waals surface area contributed by atoms with Crippen molar-refractivity contribution in [2.45, 2.75) is 6.43 Å². The molecular formula is C9H4BrClF2S. The molecule has 0 aliphatic rings. The van der Waals surface area contributed by atoms with Gasteiger partial charge in [0.05, 0.1) is 9.04 Å². The second kappa shape index (κ2) is 3.76. The van der Waals surface area contributed by atoms with E-state index in [9.17, 15) is 8.78 Å². The fourth-order valence-electron chi connectivity index (χ4n) is 1.23. The van der Waals surface area contributed by atoms with Crippen molar-refractivity contribution in [1.29, 1.82) is 0 Å². The summed E-state index contributed by atoms with van der Waals surface area (Å²) >= 11 is 10.4. The maximum atomic E-state index is 12.4. The van der Waals surface area contributed by atoms with E-state index in [-0.39, 0.29) is 5.56 Å². The van der Waals surface area contributed by atoms with Crippen LogP contribution in [0.5, 0.6) is 0 Å². The van der Waals surface area contributed by atoms with Gasteiger partial charge in [0, 0.05) is 10.0 Å². The molecule has 1 aromatic carbocycles. The van der Waals surface area contributed by atoms with E-state index in [0.717, 1.165) is 10.1 Å². The zero-order chi connectivity index (χ0) is 10.3. The number of rotatable bonds is 1. The smallest absolute Gasteiger partial charge is 0.205 e. The van der Waals surface area contributed by atoms with Crippen LogP contribution in [0.25, 0.3) is 10.1 Å². The lowest BCUT2D eigenvalue weighted by Crippen LogP contribution is -1.83. The molecule has 0 nitrogen and oxygen atoms in total. The van der Waals surface area contributed by atoms with Gasteiger partial charge < -0.3 is 0 Å². The van der Waals surface area contributed by atoms with Gasteiger partial charge in [-0.1, -0.05) is 11.6 Å². The van der Waals surface area contributed by atoms with E-state index < -0.39 is 6.43 Å². The van der Waals surface area contributed by atoms with Gasteiger partial charge in [-0.05, 0) is 39.5 Å². The number of alkyl halides is 2. The highest BCUT2D eigenvalue weighted by atomic mass is 79.9. The highest BCUT2D eigenvalue weighted by Gasteiger charge is 2.11. The molecule has 0 aliphatic carbocycles. The zero-order valence-electron chi connectivity index (χ0n) is 6.73. The molecule has 0 radical (unpaired) electrons. The minimum Gasteiger partial charge on any atom is -0.205 e. The second-order valence-electron chi connectivity index (χ2n) is 2.77.